The van der Waals surface area contributed by atoms with Crippen LogP contribution in [-0.4, -0.2) is 83.3 Å². The third-order valence-corrected chi connectivity index (χ3v) is 14.0. The Labute approximate surface area is 262 Å². The van der Waals surface area contributed by atoms with E-state index in [0.717, 1.165) is 41.9 Å². The van der Waals surface area contributed by atoms with Gasteiger partial charge in [0, 0.05) is 51.5 Å². The van der Waals surface area contributed by atoms with Gasteiger partial charge in [0.05, 0.1) is 41.8 Å². The van der Waals surface area contributed by atoms with Gasteiger partial charge in [0.1, 0.15) is 5.82 Å². The van der Waals surface area contributed by atoms with Gasteiger partial charge in [0.2, 0.25) is 0 Å². The molecule has 5 heterocycles. The fourth-order valence-corrected chi connectivity index (χ4v) is 7.16. The Morgan fingerprint density at radius 3 is 2.49 bits per heavy atom. The van der Waals surface area contributed by atoms with Crippen molar-refractivity contribution in [3.05, 3.63) is 64.7 Å². The van der Waals surface area contributed by atoms with Gasteiger partial charge in [-0.15, -0.1) is 5.10 Å². The largest absolute Gasteiger partial charge is 0.416 e. The molecule has 0 radical (unpaired) electrons. The summed E-state index contributed by atoms with van der Waals surface area (Å²) in [6.07, 6.45) is -0.573. The van der Waals surface area contributed by atoms with Crippen LogP contribution < -0.4 is 4.90 Å². The number of aromatic nitrogens is 5. The second-order valence-corrected chi connectivity index (χ2v) is 18.4. The van der Waals surface area contributed by atoms with Gasteiger partial charge < -0.3 is 19.0 Å². The maximum absolute atomic E-state index is 13.9. The summed E-state index contributed by atoms with van der Waals surface area (Å²) in [6, 6.07) is 6.37. The van der Waals surface area contributed by atoms with Crippen LogP contribution in [0, 0.1) is 6.92 Å². The van der Waals surface area contributed by atoms with Crippen molar-refractivity contribution in [2.24, 2.45) is 0 Å². The zero-order valence-corrected chi connectivity index (χ0v) is 27.8. The molecule has 1 aromatic carbocycles. The van der Waals surface area contributed by atoms with Crippen molar-refractivity contribution in [3.8, 4) is 11.4 Å². The third-order valence-electron chi connectivity index (χ3n) is 9.51. The molecule has 0 bridgehead atoms. The molecule has 3 aromatic heterocycles. The van der Waals surface area contributed by atoms with Crippen molar-refractivity contribution >= 4 is 19.8 Å². The van der Waals surface area contributed by atoms with E-state index in [0.29, 0.717) is 49.9 Å². The maximum Gasteiger partial charge on any atom is 0.416 e. The van der Waals surface area contributed by atoms with Gasteiger partial charge in [-0.2, -0.15) is 13.2 Å². The number of hydrogen-bond donors (Lipinski definition) is 1. The molecule has 6 rings (SSSR count). The number of aromatic amines is 1. The number of fused-ring (bicyclic) bond motifs is 1. The number of halogens is 3. The summed E-state index contributed by atoms with van der Waals surface area (Å²) >= 11 is 0. The maximum atomic E-state index is 13.9. The van der Waals surface area contributed by atoms with Crippen molar-refractivity contribution in [1.82, 2.24) is 29.5 Å². The zero-order valence-electron chi connectivity index (χ0n) is 26.8. The smallest absolute Gasteiger partial charge is 0.411 e. The summed E-state index contributed by atoms with van der Waals surface area (Å²) in [5.74, 6) is 1.40. The van der Waals surface area contributed by atoms with Crippen molar-refractivity contribution in [2.45, 2.75) is 71.1 Å². The van der Waals surface area contributed by atoms with Gasteiger partial charge in [-0.3, -0.25) is 4.90 Å². The van der Waals surface area contributed by atoms with Crippen LogP contribution in [0.1, 0.15) is 48.8 Å². The van der Waals surface area contributed by atoms with Crippen LogP contribution in [-0.2, 0) is 28.3 Å². The number of hydrogen-bond acceptors (Lipinski definition) is 7. The van der Waals surface area contributed by atoms with E-state index < -0.39 is 20.1 Å². The Hall–Kier alpha value is -3.26. The van der Waals surface area contributed by atoms with E-state index in [9.17, 15) is 13.2 Å². The number of nitrogens with one attached hydrogen (secondary N) is 1. The molecule has 242 valence electrons. The van der Waals surface area contributed by atoms with Gasteiger partial charge >= 0.3 is 6.18 Å². The second-order valence-electron chi connectivity index (χ2n) is 13.7. The van der Waals surface area contributed by atoms with Crippen LogP contribution in [0.25, 0.3) is 17.0 Å². The molecule has 2 fully saturated rings. The van der Waals surface area contributed by atoms with Crippen LogP contribution >= 0.6 is 0 Å². The average molecular weight is 642 g/mol. The molecule has 0 atom stereocenters. The van der Waals surface area contributed by atoms with E-state index in [2.05, 4.69) is 53.6 Å². The highest BCUT2D eigenvalue weighted by atomic mass is 28.4. The molecular weight excluding hydrogens is 599 g/mol. The lowest BCUT2D eigenvalue weighted by Gasteiger charge is -2.46. The highest BCUT2D eigenvalue weighted by Gasteiger charge is 2.42. The minimum absolute atomic E-state index is 0.122. The summed E-state index contributed by atoms with van der Waals surface area (Å²) in [5.41, 5.74) is 3.14. The van der Waals surface area contributed by atoms with Crippen LogP contribution in [0.3, 0.4) is 0 Å². The topological polar surface area (TPSA) is 83.8 Å². The Morgan fingerprint density at radius 2 is 1.84 bits per heavy atom. The Bertz CT molecular complexity index is 1650. The number of benzene rings is 1. The van der Waals surface area contributed by atoms with Crippen LogP contribution in [0.15, 0.2) is 36.7 Å². The summed E-state index contributed by atoms with van der Waals surface area (Å²) in [5, 5.41) is 5.17. The predicted octanol–water partition coefficient (Wildman–Crippen LogP) is 6.08. The molecule has 2 aliphatic rings. The third kappa shape index (κ3) is 6.40. The van der Waals surface area contributed by atoms with Crippen molar-refractivity contribution in [1.29, 1.82) is 0 Å². The number of anilines is 1. The molecule has 0 amide bonds. The standard InChI is InChI=1S/C32H42F3N7O2Si/c1-21-22(8-7-9-25(21)32(33,34)35)16-27-26(20-40-18-23(19-40)44-45(5,6)31(2,3)4)38-30-24(29-36-10-11-37-29)17-28(39-42(27)30)41-12-14-43-15-13-41/h7-11,17,23H,12-16,18-20H2,1-6H3,(H,36,37). The molecule has 2 aliphatic heterocycles. The molecule has 45 heavy (non-hydrogen) atoms. The molecular formula is C32H42F3N7O2Si. The van der Waals surface area contributed by atoms with Gasteiger partial charge in [0.15, 0.2) is 19.8 Å². The van der Waals surface area contributed by atoms with E-state index >= 15 is 0 Å². The fourth-order valence-electron chi connectivity index (χ4n) is 5.83. The summed E-state index contributed by atoms with van der Waals surface area (Å²) in [4.78, 5) is 17.3. The quantitative estimate of drug-likeness (QED) is 0.234. The minimum Gasteiger partial charge on any atom is -0.411 e. The monoisotopic (exact) mass is 641 g/mol. The number of H-pyrrole nitrogens is 1. The van der Waals surface area contributed by atoms with E-state index in [1.54, 1.807) is 25.4 Å². The molecule has 1 N–H and O–H groups in total. The Balaban J connectivity index is 1.41. The van der Waals surface area contributed by atoms with E-state index in [4.69, 9.17) is 19.2 Å². The van der Waals surface area contributed by atoms with Crippen LogP contribution in [0.4, 0.5) is 19.0 Å². The number of rotatable bonds is 8. The number of nitrogens with zero attached hydrogens (tertiary/aromatic N) is 6. The minimum atomic E-state index is -4.44. The molecule has 9 nitrogen and oxygen atoms in total. The fraction of sp³-hybridized carbons (Fsp3) is 0.531. The lowest BCUT2D eigenvalue weighted by atomic mass is 9.97. The second kappa shape index (κ2) is 11.8. The first-order valence-electron chi connectivity index (χ1n) is 15.5. The first-order valence-corrected chi connectivity index (χ1v) is 18.4. The lowest BCUT2D eigenvalue weighted by Crippen LogP contribution is -2.57. The van der Waals surface area contributed by atoms with E-state index in [1.807, 2.05) is 10.6 Å². The zero-order chi connectivity index (χ0) is 32.1. The highest BCUT2D eigenvalue weighted by molar-refractivity contribution is 6.74. The normalized spacial score (nSPS) is 17.3. The first kappa shape index (κ1) is 31.7. The average Bonchev–Trinajstić information content (AvgIpc) is 3.60. The number of likely N-dealkylation sites (tertiary alicyclic amines) is 1. The number of imidazole rings is 2. The van der Waals surface area contributed by atoms with E-state index in [-0.39, 0.29) is 23.1 Å². The lowest BCUT2D eigenvalue weighted by molar-refractivity contribution is -0.138. The SMILES string of the molecule is Cc1c(Cc2c(CN3CC(O[Si](C)(C)C(C)(C)C)C3)nc3c(-c4ncc[nH]4)cc(N4CCOCC4)nn23)cccc1C(F)(F)F. The summed E-state index contributed by atoms with van der Waals surface area (Å²) in [7, 11) is -1.91. The number of morpholine rings is 1. The molecule has 13 heteroatoms. The molecule has 2 saturated heterocycles. The Morgan fingerprint density at radius 1 is 1.11 bits per heavy atom. The van der Waals surface area contributed by atoms with Gasteiger partial charge in [-0.05, 0) is 48.3 Å². The highest BCUT2D eigenvalue weighted by Crippen LogP contribution is 2.39. The van der Waals surface area contributed by atoms with Crippen molar-refractivity contribution < 1.29 is 22.3 Å². The van der Waals surface area contributed by atoms with E-state index in [1.165, 1.54) is 6.07 Å². The summed E-state index contributed by atoms with van der Waals surface area (Å²) < 4.78 is 55.7. The molecule has 0 unspecified atom stereocenters. The predicted molar refractivity (Wildman–Crippen MR) is 170 cm³/mol. The first-order chi connectivity index (χ1) is 21.2. The molecule has 0 saturated carbocycles. The summed E-state index contributed by atoms with van der Waals surface area (Å²) in [6.45, 7) is 17.4. The molecule has 0 aliphatic carbocycles. The van der Waals surface area contributed by atoms with Gasteiger partial charge in [0.25, 0.3) is 0 Å². The number of ether oxygens (including phenoxy) is 1. The van der Waals surface area contributed by atoms with Crippen LogP contribution in [0.5, 0.6) is 0 Å². The Kier molecular flexibility index (Phi) is 8.34. The van der Waals surface area contributed by atoms with Crippen LogP contribution in [0.2, 0.25) is 18.1 Å². The number of alkyl halides is 3. The van der Waals surface area contributed by atoms with Crippen molar-refractivity contribution in [2.75, 3.05) is 44.3 Å². The molecule has 4 aromatic rings. The van der Waals surface area contributed by atoms with Crippen molar-refractivity contribution in [3.63, 3.8) is 0 Å². The van der Waals surface area contributed by atoms with Gasteiger partial charge in [-0.1, -0.05) is 32.9 Å². The van der Waals surface area contributed by atoms with Gasteiger partial charge in [-0.25, -0.2) is 14.5 Å². The molecule has 0 spiro atoms.